The van der Waals surface area contributed by atoms with Gasteiger partial charge in [-0.3, -0.25) is 0 Å². The maximum Gasteiger partial charge on any atom is 0 e. The molecule has 0 nitrogen and oxygen atoms in total. The van der Waals surface area contributed by atoms with E-state index < -0.39 is 15.6 Å². The Balaban J connectivity index is 0. The summed E-state index contributed by atoms with van der Waals surface area (Å²) in [5, 5.41) is 2.62. The molecule has 0 spiro atoms. The minimum atomic E-state index is -10.7. The third kappa shape index (κ3) is 23.0. The van der Waals surface area contributed by atoms with Gasteiger partial charge < -0.3 is 0 Å². The van der Waals surface area contributed by atoms with Crippen molar-refractivity contribution in [2.24, 2.45) is 0 Å². The van der Waals surface area contributed by atoms with E-state index in [0.717, 1.165) is 0 Å². The van der Waals surface area contributed by atoms with Gasteiger partial charge in [-0.25, -0.2) is 0 Å². The first-order valence-electron chi connectivity index (χ1n) is 9.18. The fourth-order valence-electron chi connectivity index (χ4n) is 2.54. The van der Waals surface area contributed by atoms with Gasteiger partial charge in [0.1, 0.15) is 0 Å². The van der Waals surface area contributed by atoms with E-state index in [1.807, 2.05) is 0 Å². The second-order valence-corrected chi connectivity index (χ2v) is 11.2. The van der Waals surface area contributed by atoms with Gasteiger partial charge in [0.15, 0.2) is 0 Å². The Kier molecular flexibility index (Phi) is 10.2. The molecule has 0 saturated carbocycles. The molecular formula is C20H23F12IrP2-2. The Morgan fingerprint density at radius 1 is 0.400 bits per heavy atom. The molecule has 0 heterocycles. The molecule has 0 saturated heterocycles. The number of hydrogen-bond acceptors (Lipinski definition) is 0. The van der Waals surface area contributed by atoms with Crippen LogP contribution in [-0.4, -0.2) is 0 Å². The van der Waals surface area contributed by atoms with Gasteiger partial charge in [0.25, 0.3) is 0 Å². The summed E-state index contributed by atoms with van der Waals surface area (Å²) in [6, 6.07) is 16.7. The molecule has 0 atom stereocenters. The monoisotopic (exact) mass is 746 g/mol. The molecule has 2 radical (unpaired) electrons. The van der Waals surface area contributed by atoms with Crippen LogP contribution in [0.3, 0.4) is 0 Å². The van der Waals surface area contributed by atoms with Crippen LogP contribution in [0, 0.1) is 5.92 Å². The SMILES string of the molecule is C[C]1C(C)=C(C)C(C)=C1C.F[P-](F)(F)(F)(F)F.F[P-](F)(F)(F)(F)F.[Ir].c1ccc2ccccc2c1. The summed E-state index contributed by atoms with van der Waals surface area (Å²) in [6.45, 7) is 11.0. The predicted molar refractivity (Wildman–Crippen MR) is 117 cm³/mol. The zero-order chi connectivity index (χ0) is 27.5. The maximum atomic E-state index is 9.87. The Hall–Kier alpha value is -1.15. The molecule has 3 rings (SSSR count). The Labute approximate surface area is 208 Å². The van der Waals surface area contributed by atoms with Crippen LogP contribution in [0.4, 0.5) is 50.4 Å². The molecule has 208 valence electrons. The molecule has 2 aromatic rings. The van der Waals surface area contributed by atoms with Gasteiger partial charge in [-0.15, -0.1) is 0 Å². The normalized spacial score (nSPS) is 18.2. The van der Waals surface area contributed by atoms with Crippen molar-refractivity contribution in [3.63, 3.8) is 0 Å². The number of halogens is 12. The van der Waals surface area contributed by atoms with Crippen LogP contribution in [0.1, 0.15) is 34.6 Å². The van der Waals surface area contributed by atoms with Gasteiger partial charge in [0, 0.05) is 26.0 Å². The van der Waals surface area contributed by atoms with Crippen LogP contribution in [0.2, 0.25) is 0 Å². The number of rotatable bonds is 0. The van der Waals surface area contributed by atoms with Gasteiger partial charge in [-0.1, -0.05) is 66.6 Å². The first-order valence-corrected chi connectivity index (χ1v) is 13.2. The van der Waals surface area contributed by atoms with Crippen molar-refractivity contribution in [1.82, 2.24) is 0 Å². The van der Waals surface area contributed by atoms with Gasteiger partial charge in [0.05, 0.1) is 0 Å². The van der Waals surface area contributed by atoms with Crippen molar-refractivity contribution < 1.29 is 70.5 Å². The summed E-state index contributed by atoms with van der Waals surface area (Å²) in [7, 11) is -21.3. The van der Waals surface area contributed by atoms with Crippen LogP contribution in [0.5, 0.6) is 0 Å². The smallest absolute Gasteiger partial charge is 0 e. The van der Waals surface area contributed by atoms with Crippen molar-refractivity contribution in [2.75, 3.05) is 0 Å². The first-order chi connectivity index (χ1) is 14.4. The minimum absolute atomic E-state index is 0. The summed E-state index contributed by atoms with van der Waals surface area (Å²) < 4.78 is 118. The number of allylic oxidation sites excluding steroid dienone is 4. The van der Waals surface area contributed by atoms with Crippen LogP contribution in [-0.2, 0) is 20.1 Å². The van der Waals surface area contributed by atoms with Crippen LogP contribution >= 0.6 is 15.6 Å². The van der Waals surface area contributed by atoms with E-state index in [0.29, 0.717) is 0 Å². The van der Waals surface area contributed by atoms with Crippen molar-refractivity contribution >= 4 is 26.4 Å². The standard InChI is InChI=1S/C10H8.C10H15.2F6P.Ir/c1-2-6-10-8-4-3-7-9(10)5-1;1-6-7(2)9(4)10(5)8(6)3;2*1-7(2,3,4,5)6;/h1-8H;1-5H3;;;/q;;2*-1;. The summed E-state index contributed by atoms with van der Waals surface area (Å²) in [4.78, 5) is 0. The van der Waals surface area contributed by atoms with Crippen LogP contribution in [0.25, 0.3) is 10.8 Å². The van der Waals surface area contributed by atoms with Crippen molar-refractivity contribution in [3.05, 3.63) is 76.7 Å². The summed E-state index contributed by atoms with van der Waals surface area (Å²) in [6.07, 6.45) is 0. The Morgan fingerprint density at radius 2 is 0.571 bits per heavy atom. The maximum absolute atomic E-state index is 10.7. The molecule has 0 fully saturated rings. The largest absolute Gasteiger partial charge is 0.0616 e. The van der Waals surface area contributed by atoms with E-state index in [1.54, 1.807) is 0 Å². The minimum Gasteiger partial charge on any atom is -0.0616 e. The van der Waals surface area contributed by atoms with Crippen LogP contribution in [0.15, 0.2) is 70.8 Å². The van der Waals surface area contributed by atoms with Gasteiger partial charge in [-0.2, -0.15) is 0 Å². The Bertz CT molecular complexity index is 943. The fraction of sp³-hybridized carbons (Fsp3) is 0.250. The van der Waals surface area contributed by atoms with Crippen molar-refractivity contribution in [3.8, 4) is 0 Å². The van der Waals surface area contributed by atoms with Crippen LogP contribution < -0.4 is 0 Å². The number of hydrogen-bond donors (Lipinski definition) is 0. The average Bonchev–Trinajstić information content (AvgIpc) is 2.75. The molecule has 1 aliphatic carbocycles. The van der Waals surface area contributed by atoms with E-state index in [1.165, 1.54) is 39.0 Å². The molecule has 35 heavy (non-hydrogen) atoms. The van der Waals surface area contributed by atoms with E-state index in [9.17, 15) is 50.4 Å². The van der Waals surface area contributed by atoms with Crippen molar-refractivity contribution in [2.45, 2.75) is 34.6 Å². The summed E-state index contributed by atoms with van der Waals surface area (Å²) in [5.41, 5.74) is 5.87. The molecule has 1 aliphatic rings. The van der Waals surface area contributed by atoms with Gasteiger partial charge in [0.2, 0.25) is 0 Å². The topological polar surface area (TPSA) is 0 Å². The summed E-state index contributed by atoms with van der Waals surface area (Å²) >= 11 is 0. The van der Waals surface area contributed by atoms with E-state index in [-0.39, 0.29) is 20.1 Å². The average molecular weight is 746 g/mol. The molecule has 2 aromatic carbocycles. The molecule has 0 unspecified atom stereocenters. The summed E-state index contributed by atoms with van der Waals surface area (Å²) in [5.74, 6) is 1.47. The first kappa shape index (κ1) is 36.0. The molecule has 0 amide bonds. The third-order valence-electron chi connectivity index (χ3n) is 4.47. The van der Waals surface area contributed by atoms with Gasteiger partial charge >= 0.3 is 66.0 Å². The van der Waals surface area contributed by atoms with Gasteiger partial charge in [-0.05, 0) is 49.6 Å². The third-order valence-corrected chi connectivity index (χ3v) is 4.47. The van der Waals surface area contributed by atoms with E-state index >= 15 is 0 Å². The molecule has 15 heteroatoms. The van der Waals surface area contributed by atoms with E-state index in [2.05, 4.69) is 83.1 Å². The molecule has 0 aliphatic heterocycles. The predicted octanol–water partition coefficient (Wildman–Crippen LogP) is 12.9. The molecule has 0 N–H and O–H groups in total. The molecular weight excluding hydrogens is 722 g/mol. The second-order valence-electron chi connectivity index (χ2n) is 7.39. The Morgan fingerprint density at radius 3 is 0.686 bits per heavy atom. The second kappa shape index (κ2) is 9.96. The number of fused-ring (bicyclic) bond motifs is 1. The number of benzene rings is 2. The quantitative estimate of drug-likeness (QED) is 0.186. The van der Waals surface area contributed by atoms with E-state index in [4.69, 9.17) is 0 Å². The molecule has 0 aromatic heterocycles. The fourth-order valence-corrected chi connectivity index (χ4v) is 2.54. The zero-order valence-electron chi connectivity index (χ0n) is 18.9. The van der Waals surface area contributed by atoms with Crippen molar-refractivity contribution in [1.29, 1.82) is 0 Å². The zero-order valence-corrected chi connectivity index (χ0v) is 23.1. The molecule has 0 bridgehead atoms.